The number of aliphatic hydroxyl groups excluding tert-OH is 1. The van der Waals surface area contributed by atoms with Gasteiger partial charge in [0.1, 0.15) is 0 Å². The summed E-state index contributed by atoms with van der Waals surface area (Å²) in [6, 6.07) is 0. The van der Waals surface area contributed by atoms with E-state index in [0.717, 1.165) is 90.6 Å². The van der Waals surface area contributed by atoms with Gasteiger partial charge in [-0.25, -0.2) is 0 Å². The van der Waals surface area contributed by atoms with Crippen molar-refractivity contribution >= 4 is 8.32 Å². The summed E-state index contributed by atoms with van der Waals surface area (Å²) in [5.74, 6) is 2.08. The molecule has 0 bridgehead atoms. The van der Waals surface area contributed by atoms with Gasteiger partial charge in [0.15, 0.2) is 20.9 Å². The molecule has 0 spiro atoms. The first-order valence-electron chi connectivity index (χ1n) is 18.8. The van der Waals surface area contributed by atoms with Crippen LogP contribution in [0.3, 0.4) is 0 Å². The van der Waals surface area contributed by atoms with Gasteiger partial charge in [-0.15, -0.1) is 0 Å². The highest BCUT2D eigenvalue weighted by Crippen LogP contribution is 2.51. The summed E-state index contributed by atoms with van der Waals surface area (Å²) >= 11 is 0. The Bertz CT molecular complexity index is 885. The van der Waals surface area contributed by atoms with Crippen LogP contribution in [0.4, 0.5) is 0 Å². The lowest BCUT2D eigenvalue weighted by atomic mass is 9.86. The third-order valence-corrected chi connectivity index (χ3v) is 15.8. The van der Waals surface area contributed by atoms with Crippen LogP contribution in [0.2, 0.25) is 18.1 Å². The summed E-state index contributed by atoms with van der Waals surface area (Å²) in [6.45, 7) is 15.3. The molecule has 0 aromatic rings. The van der Waals surface area contributed by atoms with E-state index in [-0.39, 0.29) is 30.3 Å². The van der Waals surface area contributed by atoms with Crippen LogP contribution in [0.5, 0.6) is 0 Å². The topological polar surface area (TPSA) is 66.4 Å². The molecule has 7 heteroatoms. The molecule has 7 atom stereocenters. The third-order valence-electron chi connectivity index (χ3n) is 11.3. The second-order valence-electron chi connectivity index (χ2n) is 15.8. The van der Waals surface area contributed by atoms with Crippen LogP contribution in [0, 0.1) is 23.7 Å². The van der Waals surface area contributed by atoms with Gasteiger partial charge in [-0.3, -0.25) is 0 Å². The summed E-state index contributed by atoms with van der Waals surface area (Å²) in [6.07, 6.45) is 25.9. The number of fused-ring (bicyclic) bond motifs is 1. The van der Waals surface area contributed by atoms with Gasteiger partial charge in [-0.2, -0.15) is 0 Å². The van der Waals surface area contributed by atoms with Crippen LogP contribution in [0.25, 0.3) is 0 Å². The molecule has 45 heavy (non-hydrogen) atoms. The first-order chi connectivity index (χ1) is 21.7. The minimum atomic E-state index is -1.82. The van der Waals surface area contributed by atoms with E-state index >= 15 is 0 Å². The molecule has 5 unspecified atom stereocenters. The Labute approximate surface area is 277 Å². The van der Waals surface area contributed by atoms with Gasteiger partial charge in [-0.05, 0) is 113 Å². The van der Waals surface area contributed by atoms with E-state index in [9.17, 15) is 5.11 Å². The predicted molar refractivity (Wildman–Crippen MR) is 186 cm³/mol. The van der Waals surface area contributed by atoms with E-state index in [2.05, 4.69) is 52.1 Å². The summed E-state index contributed by atoms with van der Waals surface area (Å²) in [5.41, 5.74) is 1.60. The molecule has 3 fully saturated rings. The Morgan fingerprint density at radius 1 is 0.956 bits per heavy atom. The van der Waals surface area contributed by atoms with Crippen LogP contribution in [0.15, 0.2) is 23.8 Å². The Hall–Kier alpha value is -0.543. The van der Waals surface area contributed by atoms with Crippen molar-refractivity contribution in [2.45, 2.75) is 160 Å². The van der Waals surface area contributed by atoms with Crippen LogP contribution < -0.4 is 0 Å². The van der Waals surface area contributed by atoms with Gasteiger partial charge in [0, 0.05) is 44.9 Å². The Morgan fingerprint density at radius 3 is 2.38 bits per heavy atom. The van der Waals surface area contributed by atoms with Crippen LogP contribution in [0.1, 0.15) is 124 Å². The number of hydrogen-bond donors (Lipinski definition) is 1. The fraction of sp³-hybridized carbons (Fsp3) is 0.895. The number of unbranched alkanes of at least 4 members (excludes halogenated alkanes) is 5. The maximum atomic E-state index is 9.48. The molecule has 0 amide bonds. The van der Waals surface area contributed by atoms with Gasteiger partial charge in [0.25, 0.3) is 0 Å². The van der Waals surface area contributed by atoms with Crippen molar-refractivity contribution in [2.24, 2.45) is 23.7 Å². The van der Waals surface area contributed by atoms with E-state index in [1.165, 1.54) is 38.5 Å². The molecule has 4 aliphatic rings. The molecule has 2 aliphatic heterocycles. The molecule has 2 saturated heterocycles. The smallest absolute Gasteiger partial charge is 0.192 e. The quantitative estimate of drug-likeness (QED) is 0.0855. The standard InChI is InChI=1S/C38H68O6Si/c1-38(2,3)45(4,5)43-29-30(18-11-14-22-39)31-26-32-28-35(44-37-21-13-17-25-42-37)33(34(32)27-31)19-10-8-6-7-9-15-23-40-36-20-12-16-24-41-36/h10,19,26,30,32-37,39H,6-9,11-18,20-25,27-29H2,1-5H3/t30?,32?,33-,34?,35-,36?,37?/m1/s1. The zero-order valence-electron chi connectivity index (χ0n) is 29.6. The van der Waals surface area contributed by atoms with E-state index < -0.39 is 8.32 Å². The Balaban J connectivity index is 1.30. The maximum absolute atomic E-state index is 9.48. The number of hydrogen-bond acceptors (Lipinski definition) is 6. The zero-order valence-corrected chi connectivity index (χ0v) is 30.6. The minimum absolute atomic E-state index is 0.0348. The molecule has 1 N–H and O–H groups in total. The highest BCUT2D eigenvalue weighted by molar-refractivity contribution is 6.74. The SMILES string of the molecule is CC(C)(C)[Si](C)(C)OCC(CCCCO)C1=CC2C[C@@H](OC3CCCCO3)[C@H](C=CCCCCCCOC3CCCCO3)C2C1. The van der Waals surface area contributed by atoms with Crippen LogP contribution in [-0.2, 0) is 23.4 Å². The lowest BCUT2D eigenvalue weighted by molar-refractivity contribution is -0.192. The van der Waals surface area contributed by atoms with Crippen molar-refractivity contribution in [1.29, 1.82) is 0 Å². The van der Waals surface area contributed by atoms with E-state index in [4.69, 9.17) is 23.4 Å². The van der Waals surface area contributed by atoms with Crippen molar-refractivity contribution in [3.8, 4) is 0 Å². The summed E-state index contributed by atoms with van der Waals surface area (Å²) in [5, 5.41) is 9.69. The Morgan fingerprint density at radius 2 is 1.69 bits per heavy atom. The molecule has 1 saturated carbocycles. The van der Waals surface area contributed by atoms with Crippen molar-refractivity contribution in [3.05, 3.63) is 23.8 Å². The van der Waals surface area contributed by atoms with Crippen molar-refractivity contribution < 1.29 is 28.5 Å². The van der Waals surface area contributed by atoms with E-state index in [0.29, 0.717) is 23.7 Å². The molecular weight excluding hydrogens is 580 g/mol. The molecule has 2 heterocycles. The van der Waals surface area contributed by atoms with Crippen molar-refractivity contribution in [1.82, 2.24) is 0 Å². The molecule has 0 radical (unpaired) electrons. The molecule has 260 valence electrons. The van der Waals surface area contributed by atoms with Gasteiger partial charge in [0.05, 0.1) is 6.10 Å². The number of ether oxygens (including phenoxy) is 4. The maximum Gasteiger partial charge on any atom is 0.192 e. The Kier molecular flexibility index (Phi) is 15.6. The van der Waals surface area contributed by atoms with Gasteiger partial charge < -0.3 is 28.5 Å². The van der Waals surface area contributed by atoms with Crippen LogP contribution >= 0.6 is 0 Å². The molecule has 2 aliphatic carbocycles. The highest BCUT2D eigenvalue weighted by atomic mass is 28.4. The van der Waals surface area contributed by atoms with Crippen molar-refractivity contribution in [2.75, 3.05) is 33.0 Å². The molecule has 4 rings (SSSR count). The average Bonchev–Trinajstić information content (AvgIpc) is 3.56. The van der Waals surface area contributed by atoms with E-state index in [1.807, 2.05) is 0 Å². The summed E-state index contributed by atoms with van der Waals surface area (Å²) in [4.78, 5) is 0. The monoisotopic (exact) mass is 648 g/mol. The van der Waals surface area contributed by atoms with Crippen LogP contribution in [-0.4, -0.2) is 65.1 Å². The molecule has 0 aromatic heterocycles. The van der Waals surface area contributed by atoms with Gasteiger partial charge in [0.2, 0.25) is 0 Å². The number of rotatable bonds is 19. The normalized spacial score (nSPS) is 30.1. The van der Waals surface area contributed by atoms with Gasteiger partial charge >= 0.3 is 0 Å². The lowest BCUT2D eigenvalue weighted by Crippen LogP contribution is -2.42. The molecule has 6 nitrogen and oxygen atoms in total. The molecular formula is C38H68O6Si. The number of aliphatic hydroxyl groups is 1. The lowest BCUT2D eigenvalue weighted by Gasteiger charge is -2.37. The third kappa shape index (κ3) is 11.8. The average molecular weight is 649 g/mol. The first-order valence-corrected chi connectivity index (χ1v) is 21.7. The fourth-order valence-electron chi connectivity index (χ4n) is 7.42. The second-order valence-corrected chi connectivity index (χ2v) is 20.7. The molecule has 0 aromatic carbocycles. The first kappa shape index (κ1) is 37.3. The number of allylic oxidation sites excluding steroid dienone is 2. The largest absolute Gasteiger partial charge is 0.416 e. The highest BCUT2D eigenvalue weighted by Gasteiger charge is 2.47. The zero-order chi connectivity index (χ0) is 32.1. The van der Waals surface area contributed by atoms with Crippen molar-refractivity contribution in [3.63, 3.8) is 0 Å². The summed E-state index contributed by atoms with van der Waals surface area (Å²) in [7, 11) is -1.82. The van der Waals surface area contributed by atoms with E-state index in [1.54, 1.807) is 5.57 Å². The second kappa shape index (κ2) is 18.9. The fourth-order valence-corrected chi connectivity index (χ4v) is 8.47. The minimum Gasteiger partial charge on any atom is -0.416 e. The van der Waals surface area contributed by atoms with Gasteiger partial charge in [-0.1, -0.05) is 63.8 Å². The summed E-state index contributed by atoms with van der Waals surface area (Å²) < 4.78 is 31.1. The predicted octanol–water partition coefficient (Wildman–Crippen LogP) is 9.33.